The summed E-state index contributed by atoms with van der Waals surface area (Å²) >= 11 is 0. The van der Waals surface area contributed by atoms with Gasteiger partial charge >= 0.3 is 12.2 Å². The van der Waals surface area contributed by atoms with Crippen LogP contribution in [0.5, 0.6) is 0 Å². The second-order valence-corrected chi connectivity index (χ2v) is 8.53. The maximum atomic E-state index is 13.3. The first kappa shape index (κ1) is 20.7. The van der Waals surface area contributed by atoms with E-state index in [9.17, 15) is 14.4 Å². The molecule has 7 heteroatoms. The molecule has 1 heterocycles. The van der Waals surface area contributed by atoms with Crippen molar-refractivity contribution in [1.82, 2.24) is 10.6 Å². The van der Waals surface area contributed by atoms with Crippen molar-refractivity contribution in [3.8, 4) is 0 Å². The van der Waals surface area contributed by atoms with Crippen molar-refractivity contribution in [3.63, 3.8) is 0 Å². The number of cyclic esters (lactones) is 1. The van der Waals surface area contributed by atoms with Gasteiger partial charge in [-0.1, -0.05) is 43.7 Å². The van der Waals surface area contributed by atoms with Crippen LogP contribution in [0, 0.1) is 12.3 Å². The number of ketones is 1. The molecular formula is C20H28N2O5. The Kier molecular flexibility index (Phi) is 5.82. The van der Waals surface area contributed by atoms with Gasteiger partial charge < -0.3 is 20.1 Å². The lowest BCUT2D eigenvalue weighted by atomic mass is 9.79. The Morgan fingerprint density at radius 1 is 1.26 bits per heavy atom. The molecule has 0 aliphatic carbocycles. The largest absolute Gasteiger partial charge is 0.449 e. The first-order valence-electron chi connectivity index (χ1n) is 8.92. The second kappa shape index (κ2) is 7.58. The molecule has 1 aliphatic heterocycles. The molecule has 2 amide bonds. The molecule has 0 saturated carbocycles. The van der Waals surface area contributed by atoms with Crippen molar-refractivity contribution in [2.45, 2.75) is 59.2 Å². The van der Waals surface area contributed by atoms with Crippen LogP contribution in [0.4, 0.5) is 9.59 Å². The van der Waals surface area contributed by atoms with Crippen LogP contribution < -0.4 is 10.6 Å². The van der Waals surface area contributed by atoms with E-state index in [0.29, 0.717) is 5.56 Å². The summed E-state index contributed by atoms with van der Waals surface area (Å²) < 4.78 is 10.3. The number of alkyl carbamates (subject to hydrolysis) is 2. The van der Waals surface area contributed by atoms with E-state index in [0.717, 1.165) is 5.56 Å². The molecule has 1 fully saturated rings. The number of hydrogen-bond donors (Lipinski definition) is 2. The SMILES string of the molecule is Cc1ccc([C@H](NC(=O)OC(C)(C)C)C(=O)[C@H]2NC(=O)OCC2(C)C)cc1. The normalized spacial score (nSPS) is 20.1. The van der Waals surface area contributed by atoms with E-state index < -0.39 is 35.3 Å². The molecule has 1 aromatic carbocycles. The summed E-state index contributed by atoms with van der Waals surface area (Å²) in [5.41, 5.74) is 0.329. The molecule has 7 nitrogen and oxygen atoms in total. The highest BCUT2D eigenvalue weighted by molar-refractivity contribution is 5.95. The van der Waals surface area contributed by atoms with Gasteiger partial charge in [0.1, 0.15) is 24.3 Å². The summed E-state index contributed by atoms with van der Waals surface area (Å²) in [5.74, 6) is -0.327. The number of ether oxygens (including phenoxy) is 2. The van der Waals surface area contributed by atoms with Gasteiger partial charge in [-0.05, 0) is 33.3 Å². The number of carbonyl (C=O) groups is 3. The van der Waals surface area contributed by atoms with Gasteiger partial charge in [0.2, 0.25) is 0 Å². The van der Waals surface area contributed by atoms with Gasteiger partial charge in [0.25, 0.3) is 0 Å². The van der Waals surface area contributed by atoms with E-state index in [4.69, 9.17) is 9.47 Å². The molecule has 0 unspecified atom stereocenters. The molecule has 1 aromatic rings. The fourth-order valence-corrected chi connectivity index (χ4v) is 2.82. The van der Waals surface area contributed by atoms with Gasteiger partial charge in [0.15, 0.2) is 5.78 Å². The Morgan fingerprint density at radius 3 is 2.41 bits per heavy atom. The average Bonchev–Trinajstić information content (AvgIpc) is 2.54. The van der Waals surface area contributed by atoms with Crippen LogP contribution in [-0.4, -0.2) is 36.2 Å². The van der Waals surface area contributed by atoms with Crippen LogP contribution in [0.25, 0.3) is 0 Å². The zero-order chi connectivity index (χ0) is 20.4. The Hall–Kier alpha value is -2.57. The number of rotatable bonds is 4. The van der Waals surface area contributed by atoms with Crippen LogP contribution in [0.15, 0.2) is 24.3 Å². The summed E-state index contributed by atoms with van der Waals surface area (Å²) in [5, 5.41) is 5.24. The quantitative estimate of drug-likeness (QED) is 0.841. The molecule has 0 aromatic heterocycles. The molecule has 2 atom stereocenters. The molecule has 0 bridgehead atoms. The summed E-state index contributed by atoms with van der Waals surface area (Å²) in [7, 11) is 0. The first-order chi connectivity index (χ1) is 12.4. The van der Waals surface area contributed by atoms with Crippen LogP contribution in [0.3, 0.4) is 0 Å². The summed E-state index contributed by atoms with van der Waals surface area (Å²) in [6.45, 7) is 10.9. The first-order valence-corrected chi connectivity index (χ1v) is 8.92. The lowest BCUT2D eigenvalue weighted by Gasteiger charge is -2.38. The summed E-state index contributed by atoms with van der Waals surface area (Å²) in [4.78, 5) is 37.3. The monoisotopic (exact) mass is 376 g/mol. The molecule has 0 spiro atoms. The number of benzene rings is 1. The number of hydrogen-bond acceptors (Lipinski definition) is 5. The van der Waals surface area contributed by atoms with Crippen molar-refractivity contribution >= 4 is 18.0 Å². The Morgan fingerprint density at radius 2 is 1.85 bits per heavy atom. The Labute approximate surface area is 159 Å². The van der Waals surface area contributed by atoms with Gasteiger partial charge in [0.05, 0.1) is 0 Å². The van der Waals surface area contributed by atoms with E-state index >= 15 is 0 Å². The number of carbonyl (C=O) groups excluding carboxylic acids is 3. The fourth-order valence-electron chi connectivity index (χ4n) is 2.82. The highest BCUT2D eigenvalue weighted by Gasteiger charge is 2.44. The molecule has 1 saturated heterocycles. The Bertz CT molecular complexity index is 719. The number of nitrogens with one attached hydrogen (secondary N) is 2. The van der Waals surface area contributed by atoms with Crippen molar-refractivity contribution in [3.05, 3.63) is 35.4 Å². The highest BCUT2D eigenvalue weighted by Crippen LogP contribution is 2.29. The van der Waals surface area contributed by atoms with E-state index in [1.165, 1.54) is 0 Å². The summed E-state index contributed by atoms with van der Waals surface area (Å²) in [6, 6.07) is 5.52. The van der Waals surface area contributed by atoms with Crippen LogP contribution in [-0.2, 0) is 14.3 Å². The van der Waals surface area contributed by atoms with Crippen LogP contribution in [0.1, 0.15) is 51.8 Å². The predicted octanol–water partition coefficient (Wildman–Crippen LogP) is 3.26. The van der Waals surface area contributed by atoms with E-state index in [1.54, 1.807) is 32.9 Å². The number of Topliss-reactive ketones (excluding diaryl/α,β-unsaturated/α-hetero) is 1. The smallest absolute Gasteiger partial charge is 0.408 e. The lowest BCUT2D eigenvalue weighted by Crippen LogP contribution is -2.59. The molecule has 27 heavy (non-hydrogen) atoms. The molecule has 1 aliphatic rings. The van der Waals surface area contributed by atoms with Crippen LogP contribution >= 0.6 is 0 Å². The maximum Gasteiger partial charge on any atom is 0.408 e. The zero-order valence-corrected chi connectivity index (χ0v) is 16.7. The van der Waals surface area contributed by atoms with Crippen molar-refractivity contribution in [1.29, 1.82) is 0 Å². The van der Waals surface area contributed by atoms with Crippen LogP contribution in [0.2, 0.25) is 0 Å². The maximum absolute atomic E-state index is 13.3. The van der Waals surface area contributed by atoms with E-state index in [2.05, 4.69) is 10.6 Å². The lowest BCUT2D eigenvalue weighted by molar-refractivity contribution is -0.128. The third-order valence-corrected chi connectivity index (χ3v) is 4.26. The van der Waals surface area contributed by atoms with Gasteiger partial charge in [-0.25, -0.2) is 9.59 Å². The molecule has 2 N–H and O–H groups in total. The second-order valence-electron chi connectivity index (χ2n) is 8.53. The number of aryl methyl sites for hydroxylation is 1. The third-order valence-electron chi connectivity index (χ3n) is 4.26. The summed E-state index contributed by atoms with van der Waals surface area (Å²) in [6.07, 6.45) is -1.34. The van der Waals surface area contributed by atoms with E-state index in [-0.39, 0.29) is 12.4 Å². The molecule has 148 valence electrons. The van der Waals surface area contributed by atoms with Gasteiger partial charge in [-0.15, -0.1) is 0 Å². The minimum Gasteiger partial charge on any atom is -0.449 e. The van der Waals surface area contributed by atoms with Gasteiger partial charge in [-0.2, -0.15) is 0 Å². The van der Waals surface area contributed by atoms with Gasteiger partial charge in [0, 0.05) is 5.41 Å². The Balaban J connectivity index is 2.33. The van der Waals surface area contributed by atoms with Gasteiger partial charge in [-0.3, -0.25) is 4.79 Å². The minimum atomic E-state index is -0.955. The number of amides is 2. The van der Waals surface area contributed by atoms with Crippen molar-refractivity contribution in [2.75, 3.05) is 6.61 Å². The molecule has 0 radical (unpaired) electrons. The van der Waals surface area contributed by atoms with Crippen molar-refractivity contribution in [2.24, 2.45) is 5.41 Å². The molecular weight excluding hydrogens is 348 g/mol. The fraction of sp³-hybridized carbons (Fsp3) is 0.550. The average molecular weight is 376 g/mol. The van der Waals surface area contributed by atoms with E-state index in [1.807, 2.05) is 32.9 Å². The predicted molar refractivity (Wildman–Crippen MR) is 100 cm³/mol. The minimum absolute atomic E-state index is 0.113. The topological polar surface area (TPSA) is 93.7 Å². The third kappa shape index (κ3) is 5.45. The highest BCUT2D eigenvalue weighted by atomic mass is 16.6. The molecule has 2 rings (SSSR count). The van der Waals surface area contributed by atoms with Crippen molar-refractivity contribution < 1.29 is 23.9 Å². The standard InChI is InChI=1S/C20H28N2O5/c1-12-7-9-13(10-8-12)14(21-18(25)27-19(2,3)4)15(23)16-20(5,6)11-26-17(24)22-16/h7-10,14,16H,11H2,1-6H3,(H,21,25)(H,22,24)/t14-,16+/m0/s1. The zero-order valence-electron chi connectivity index (χ0n) is 16.7.